The van der Waals surface area contributed by atoms with E-state index in [-0.39, 0.29) is 0 Å². The summed E-state index contributed by atoms with van der Waals surface area (Å²) in [5.41, 5.74) is 5.90. The van der Waals surface area contributed by atoms with Gasteiger partial charge in [-0.05, 0) is 99.6 Å². The van der Waals surface area contributed by atoms with Crippen molar-refractivity contribution in [2.45, 2.75) is 39.5 Å². The van der Waals surface area contributed by atoms with Crippen molar-refractivity contribution in [2.75, 3.05) is 36.0 Å². The molecule has 2 saturated heterocycles. The van der Waals surface area contributed by atoms with Crippen molar-refractivity contribution in [3.63, 3.8) is 0 Å². The molecule has 0 radical (unpaired) electrons. The standard InChI is InChI=1S/2C18H17ClN6/c1-12-14(21-15-6-5-13(19)11-16(15)20-12)7-8-17-22-18(23-24(17)2)25-9-3-4-10-25;1-12-14(21-16-11-13(19)5-6-15(16)20-12)7-8-17-22-18(23-24(17)2)25-9-3-4-10-25/h2*5-6,11H,3-4,9-10H2,1-2H3. The minimum Gasteiger partial charge on any atom is -0.340 e. The number of rotatable bonds is 2. The van der Waals surface area contributed by atoms with Gasteiger partial charge in [-0.2, -0.15) is 9.97 Å². The molecule has 0 atom stereocenters. The van der Waals surface area contributed by atoms with Crippen LogP contribution in [0.1, 0.15) is 60.1 Å². The van der Waals surface area contributed by atoms with Gasteiger partial charge < -0.3 is 9.80 Å². The number of anilines is 2. The second-order valence-electron chi connectivity index (χ2n) is 12.2. The molecule has 6 heterocycles. The summed E-state index contributed by atoms with van der Waals surface area (Å²) in [6.45, 7) is 7.82. The predicted octanol–water partition coefficient (Wildman–Crippen LogP) is 5.44. The van der Waals surface area contributed by atoms with Gasteiger partial charge in [0.1, 0.15) is 11.4 Å². The molecule has 2 aliphatic rings. The Morgan fingerprint density at radius 2 is 0.920 bits per heavy atom. The summed E-state index contributed by atoms with van der Waals surface area (Å²) in [4.78, 5) is 31.7. The van der Waals surface area contributed by atoms with Crippen LogP contribution in [0.3, 0.4) is 0 Å². The second-order valence-corrected chi connectivity index (χ2v) is 13.1. The lowest BCUT2D eigenvalue weighted by Crippen LogP contribution is -2.19. The summed E-state index contributed by atoms with van der Waals surface area (Å²) in [6.07, 6.45) is 4.76. The molecule has 252 valence electrons. The topological polar surface area (TPSA) is 119 Å². The van der Waals surface area contributed by atoms with Crippen LogP contribution in [0.2, 0.25) is 10.0 Å². The largest absolute Gasteiger partial charge is 0.340 e. The van der Waals surface area contributed by atoms with E-state index in [4.69, 9.17) is 23.2 Å². The molecule has 14 heteroatoms. The van der Waals surface area contributed by atoms with E-state index in [2.05, 4.69) is 73.6 Å². The van der Waals surface area contributed by atoms with Crippen LogP contribution in [0.5, 0.6) is 0 Å². The van der Waals surface area contributed by atoms with Gasteiger partial charge in [-0.1, -0.05) is 23.2 Å². The van der Waals surface area contributed by atoms with E-state index in [9.17, 15) is 0 Å². The van der Waals surface area contributed by atoms with Gasteiger partial charge in [0, 0.05) is 50.3 Å². The van der Waals surface area contributed by atoms with Gasteiger partial charge in [0.05, 0.1) is 33.5 Å². The van der Waals surface area contributed by atoms with E-state index < -0.39 is 0 Å². The Labute approximate surface area is 299 Å². The van der Waals surface area contributed by atoms with E-state index in [0.29, 0.717) is 33.1 Å². The molecule has 0 saturated carbocycles. The van der Waals surface area contributed by atoms with Crippen molar-refractivity contribution in [1.82, 2.24) is 49.5 Å². The molecule has 12 nitrogen and oxygen atoms in total. The van der Waals surface area contributed by atoms with Crippen LogP contribution in [0.4, 0.5) is 11.9 Å². The number of halogens is 2. The molecular formula is C36H34Cl2N12. The van der Waals surface area contributed by atoms with Gasteiger partial charge in [0.2, 0.25) is 23.5 Å². The Balaban J connectivity index is 0.000000157. The second kappa shape index (κ2) is 14.3. The van der Waals surface area contributed by atoms with E-state index >= 15 is 0 Å². The zero-order chi connectivity index (χ0) is 34.8. The predicted molar refractivity (Wildman–Crippen MR) is 195 cm³/mol. The van der Waals surface area contributed by atoms with Crippen LogP contribution in [0.25, 0.3) is 22.1 Å². The molecule has 0 aliphatic carbocycles. The third-order valence-corrected chi connectivity index (χ3v) is 8.94. The average molecular weight is 706 g/mol. The highest BCUT2D eigenvalue weighted by molar-refractivity contribution is 6.31. The van der Waals surface area contributed by atoms with Gasteiger partial charge in [0.25, 0.3) is 0 Å². The highest BCUT2D eigenvalue weighted by Crippen LogP contribution is 2.20. The minimum absolute atomic E-state index is 0.620. The normalized spacial score (nSPS) is 14.0. The van der Waals surface area contributed by atoms with Crippen molar-refractivity contribution in [1.29, 1.82) is 0 Å². The monoisotopic (exact) mass is 704 g/mol. The lowest BCUT2D eigenvalue weighted by atomic mass is 10.2. The molecule has 0 spiro atoms. The molecular weight excluding hydrogens is 671 g/mol. The summed E-state index contributed by atoms with van der Waals surface area (Å²) in [7, 11) is 3.72. The number of hydrogen-bond donors (Lipinski definition) is 0. The number of aryl methyl sites for hydroxylation is 4. The maximum Gasteiger partial charge on any atom is 0.245 e. The first-order valence-corrected chi connectivity index (χ1v) is 17.2. The average Bonchev–Trinajstić information content (AvgIpc) is 3.92. The van der Waals surface area contributed by atoms with E-state index in [0.717, 1.165) is 71.5 Å². The van der Waals surface area contributed by atoms with Crippen LogP contribution >= 0.6 is 23.2 Å². The van der Waals surface area contributed by atoms with E-state index in [1.807, 2.05) is 46.1 Å². The molecule has 0 N–H and O–H groups in total. The maximum atomic E-state index is 6.04. The lowest BCUT2D eigenvalue weighted by Gasteiger charge is -2.10. The van der Waals surface area contributed by atoms with Crippen LogP contribution in [-0.2, 0) is 14.1 Å². The van der Waals surface area contributed by atoms with Gasteiger partial charge in [-0.25, -0.2) is 29.3 Å². The quantitative estimate of drug-likeness (QED) is 0.216. The molecule has 0 amide bonds. The zero-order valence-electron chi connectivity index (χ0n) is 28.2. The Bertz CT molecular complexity index is 2350. The van der Waals surface area contributed by atoms with Crippen molar-refractivity contribution >= 4 is 57.2 Å². The third-order valence-electron chi connectivity index (χ3n) is 8.47. The third kappa shape index (κ3) is 7.32. The first-order chi connectivity index (χ1) is 24.2. The molecule has 4 aromatic heterocycles. The molecule has 50 heavy (non-hydrogen) atoms. The summed E-state index contributed by atoms with van der Waals surface area (Å²) < 4.78 is 3.42. The smallest absolute Gasteiger partial charge is 0.245 e. The van der Waals surface area contributed by atoms with Crippen LogP contribution < -0.4 is 9.80 Å². The summed E-state index contributed by atoms with van der Waals surface area (Å²) in [5.74, 6) is 15.0. The van der Waals surface area contributed by atoms with E-state index in [1.54, 1.807) is 27.6 Å². The Morgan fingerprint density at radius 3 is 1.40 bits per heavy atom. The molecule has 2 fully saturated rings. The minimum atomic E-state index is 0.620. The van der Waals surface area contributed by atoms with Gasteiger partial charge >= 0.3 is 0 Å². The molecule has 0 bridgehead atoms. The zero-order valence-corrected chi connectivity index (χ0v) is 29.8. The Kier molecular flexibility index (Phi) is 9.48. The molecule has 0 unspecified atom stereocenters. The molecule has 2 aliphatic heterocycles. The fourth-order valence-corrected chi connectivity index (χ4v) is 6.09. The highest BCUT2D eigenvalue weighted by atomic mass is 35.5. The van der Waals surface area contributed by atoms with Gasteiger partial charge in [-0.15, -0.1) is 10.2 Å². The maximum absolute atomic E-state index is 6.04. The van der Waals surface area contributed by atoms with Crippen molar-refractivity contribution in [2.24, 2.45) is 14.1 Å². The van der Waals surface area contributed by atoms with Gasteiger partial charge in [0.15, 0.2) is 0 Å². The molecule has 2 aromatic carbocycles. The van der Waals surface area contributed by atoms with Crippen molar-refractivity contribution < 1.29 is 0 Å². The number of fused-ring (bicyclic) bond motifs is 2. The molecule has 6 aromatic rings. The summed E-state index contributed by atoms with van der Waals surface area (Å²) in [6, 6.07) is 10.9. The highest BCUT2D eigenvalue weighted by Gasteiger charge is 2.19. The number of benzene rings is 2. The summed E-state index contributed by atoms with van der Waals surface area (Å²) in [5, 5.41) is 10.2. The SMILES string of the molecule is Cc1nc2cc(Cl)ccc2nc1C#Cc1nc(N2CCCC2)nn1C.Cc1nc2ccc(Cl)cc2nc1C#Cc1nc(N2CCCC2)nn1C. The van der Waals surface area contributed by atoms with Crippen LogP contribution in [0.15, 0.2) is 36.4 Å². The number of aromatic nitrogens is 10. The van der Waals surface area contributed by atoms with Crippen LogP contribution in [-0.4, -0.2) is 75.6 Å². The molecule has 8 rings (SSSR count). The van der Waals surface area contributed by atoms with Crippen molar-refractivity contribution in [3.8, 4) is 23.7 Å². The fourth-order valence-electron chi connectivity index (χ4n) is 5.76. The first kappa shape index (κ1) is 33.2. The summed E-state index contributed by atoms with van der Waals surface area (Å²) >= 11 is 12.0. The van der Waals surface area contributed by atoms with Crippen molar-refractivity contribution in [3.05, 3.63) is 80.9 Å². The number of nitrogens with zero attached hydrogens (tertiary/aromatic N) is 12. The Hall–Kier alpha value is -5.30. The van der Waals surface area contributed by atoms with E-state index in [1.165, 1.54) is 25.7 Å². The lowest BCUT2D eigenvalue weighted by molar-refractivity contribution is 0.745. The fraction of sp³-hybridized carbons (Fsp3) is 0.333. The number of hydrogen-bond acceptors (Lipinski definition) is 10. The van der Waals surface area contributed by atoms with Crippen LogP contribution in [0, 0.1) is 37.5 Å². The Morgan fingerprint density at radius 1 is 0.520 bits per heavy atom. The first-order valence-electron chi connectivity index (χ1n) is 16.4. The van der Waals surface area contributed by atoms with Gasteiger partial charge in [-0.3, -0.25) is 0 Å².